The fraction of sp³-hybridized carbons (Fsp3) is 0.500. The number of hydrogen-bond donors (Lipinski definition) is 1. The summed E-state index contributed by atoms with van der Waals surface area (Å²) in [5, 5.41) is 2.74. The maximum absolute atomic E-state index is 12.0. The molecule has 21 heavy (non-hydrogen) atoms. The molecule has 1 aliphatic carbocycles. The predicted octanol–water partition coefficient (Wildman–Crippen LogP) is 0.771. The van der Waals surface area contributed by atoms with Crippen LogP contribution in [0.4, 0.5) is 5.69 Å². The van der Waals surface area contributed by atoms with Gasteiger partial charge in [-0.15, -0.1) is 0 Å². The summed E-state index contributed by atoms with van der Waals surface area (Å²) in [5.74, 6) is -0.871. The third-order valence-corrected chi connectivity index (χ3v) is 4.16. The Balaban J connectivity index is 1.54. The number of carbonyl (C=O) groups excluding carboxylic acids is 2. The van der Waals surface area contributed by atoms with E-state index in [1.54, 1.807) is 11.1 Å². The van der Waals surface area contributed by atoms with Gasteiger partial charge in [0.2, 0.25) is 0 Å². The molecule has 1 saturated heterocycles. The summed E-state index contributed by atoms with van der Waals surface area (Å²) in [7, 11) is 0. The van der Waals surface area contributed by atoms with Crippen LogP contribution >= 0.6 is 15.9 Å². The molecule has 3 rings (SSSR count). The molecule has 112 valence electrons. The molecule has 0 aromatic carbocycles. The molecule has 1 aromatic rings. The van der Waals surface area contributed by atoms with Crippen molar-refractivity contribution in [3.63, 3.8) is 0 Å². The van der Waals surface area contributed by atoms with Crippen LogP contribution in [0.3, 0.4) is 0 Å². The lowest BCUT2D eigenvalue weighted by molar-refractivity contribution is -0.146. The van der Waals surface area contributed by atoms with Crippen molar-refractivity contribution in [2.24, 2.45) is 0 Å². The highest BCUT2D eigenvalue weighted by atomic mass is 79.9. The zero-order valence-corrected chi connectivity index (χ0v) is 13.2. The summed E-state index contributed by atoms with van der Waals surface area (Å²) in [6.07, 6.45) is 5.53. The van der Waals surface area contributed by atoms with E-state index < -0.39 is 11.8 Å². The van der Waals surface area contributed by atoms with Gasteiger partial charge in [-0.2, -0.15) is 0 Å². The summed E-state index contributed by atoms with van der Waals surface area (Å²) >= 11 is 3.41. The van der Waals surface area contributed by atoms with E-state index in [4.69, 9.17) is 0 Å². The van der Waals surface area contributed by atoms with Crippen LogP contribution in [0.5, 0.6) is 0 Å². The number of amides is 2. The largest absolute Gasteiger partial charge is 0.367 e. The summed E-state index contributed by atoms with van der Waals surface area (Å²) in [4.78, 5) is 31.7. The summed E-state index contributed by atoms with van der Waals surface area (Å²) in [6, 6.07) is 2.22. The van der Waals surface area contributed by atoms with Gasteiger partial charge in [-0.05, 0) is 34.8 Å². The van der Waals surface area contributed by atoms with Crippen molar-refractivity contribution in [2.75, 3.05) is 31.1 Å². The number of aromatic nitrogens is 1. The van der Waals surface area contributed by atoms with E-state index in [0.29, 0.717) is 26.2 Å². The average Bonchev–Trinajstić information content (AvgIpc) is 3.30. The molecule has 0 bridgehead atoms. The van der Waals surface area contributed by atoms with Crippen molar-refractivity contribution in [1.82, 2.24) is 15.2 Å². The molecule has 1 aliphatic heterocycles. The highest BCUT2D eigenvalue weighted by molar-refractivity contribution is 9.10. The van der Waals surface area contributed by atoms with Crippen LogP contribution in [0.25, 0.3) is 0 Å². The standard InChI is InChI=1S/C14H17BrN4O2/c15-10-7-12(9-16-8-10)18-3-5-19(6-4-18)14(21)13(20)17-11-1-2-11/h7-9,11H,1-6H2,(H,17,20). The van der Waals surface area contributed by atoms with Crippen LogP contribution in [0, 0.1) is 0 Å². The minimum absolute atomic E-state index is 0.218. The van der Waals surface area contributed by atoms with Gasteiger partial charge in [0.25, 0.3) is 0 Å². The lowest BCUT2D eigenvalue weighted by atomic mass is 10.2. The molecule has 0 unspecified atom stereocenters. The van der Waals surface area contributed by atoms with E-state index >= 15 is 0 Å². The van der Waals surface area contributed by atoms with Crippen LogP contribution in [0.1, 0.15) is 12.8 Å². The first-order valence-electron chi connectivity index (χ1n) is 7.09. The van der Waals surface area contributed by atoms with Crippen molar-refractivity contribution in [2.45, 2.75) is 18.9 Å². The van der Waals surface area contributed by atoms with Crippen molar-refractivity contribution in [3.05, 3.63) is 22.9 Å². The molecule has 0 atom stereocenters. The smallest absolute Gasteiger partial charge is 0.312 e. The Bertz CT molecular complexity index is 554. The van der Waals surface area contributed by atoms with Crippen molar-refractivity contribution in [1.29, 1.82) is 0 Å². The lowest BCUT2D eigenvalue weighted by Gasteiger charge is -2.35. The number of anilines is 1. The van der Waals surface area contributed by atoms with Crippen molar-refractivity contribution >= 4 is 33.4 Å². The first kappa shape index (κ1) is 14.3. The first-order valence-corrected chi connectivity index (χ1v) is 7.88. The summed E-state index contributed by atoms with van der Waals surface area (Å²) < 4.78 is 0.933. The number of nitrogens with zero attached hydrogens (tertiary/aromatic N) is 3. The molecule has 2 fully saturated rings. The van der Waals surface area contributed by atoms with E-state index in [1.165, 1.54) is 0 Å². The highest BCUT2D eigenvalue weighted by Crippen LogP contribution is 2.20. The number of pyridine rings is 1. The van der Waals surface area contributed by atoms with E-state index in [2.05, 4.69) is 31.1 Å². The lowest BCUT2D eigenvalue weighted by Crippen LogP contribution is -2.53. The number of nitrogens with one attached hydrogen (secondary N) is 1. The Hall–Kier alpha value is -1.63. The van der Waals surface area contributed by atoms with E-state index in [9.17, 15) is 9.59 Å². The number of halogens is 1. The van der Waals surface area contributed by atoms with Gasteiger partial charge in [0.1, 0.15) is 0 Å². The van der Waals surface area contributed by atoms with Crippen molar-refractivity contribution in [3.8, 4) is 0 Å². The Morgan fingerprint density at radius 3 is 2.52 bits per heavy atom. The Labute approximate surface area is 131 Å². The molecule has 2 heterocycles. The van der Waals surface area contributed by atoms with Gasteiger partial charge >= 0.3 is 11.8 Å². The van der Waals surface area contributed by atoms with Gasteiger partial charge in [0.15, 0.2) is 0 Å². The second-order valence-corrected chi connectivity index (χ2v) is 6.30. The molecular formula is C14H17BrN4O2. The fourth-order valence-electron chi connectivity index (χ4n) is 2.36. The Morgan fingerprint density at radius 1 is 1.19 bits per heavy atom. The van der Waals surface area contributed by atoms with Crippen LogP contribution in [0.2, 0.25) is 0 Å². The molecule has 7 heteroatoms. The van der Waals surface area contributed by atoms with E-state index in [-0.39, 0.29) is 6.04 Å². The van der Waals surface area contributed by atoms with Gasteiger partial charge in [-0.3, -0.25) is 14.6 Å². The molecule has 6 nitrogen and oxygen atoms in total. The molecule has 1 aromatic heterocycles. The third kappa shape index (κ3) is 3.53. The summed E-state index contributed by atoms with van der Waals surface area (Å²) in [6.45, 7) is 2.54. The Morgan fingerprint density at radius 2 is 1.90 bits per heavy atom. The fourth-order valence-corrected chi connectivity index (χ4v) is 2.71. The second-order valence-electron chi connectivity index (χ2n) is 5.39. The quantitative estimate of drug-likeness (QED) is 0.798. The SMILES string of the molecule is O=C(NC1CC1)C(=O)N1CCN(c2cncc(Br)c2)CC1. The van der Waals surface area contributed by atoms with Crippen LogP contribution in [0.15, 0.2) is 22.9 Å². The minimum Gasteiger partial charge on any atom is -0.367 e. The van der Waals surface area contributed by atoms with Gasteiger partial charge in [-0.25, -0.2) is 0 Å². The topological polar surface area (TPSA) is 65.5 Å². The van der Waals surface area contributed by atoms with Crippen LogP contribution < -0.4 is 10.2 Å². The van der Waals surface area contributed by atoms with E-state index in [1.807, 2.05) is 12.3 Å². The molecule has 2 aliphatic rings. The maximum Gasteiger partial charge on any atom is 0.312 e. The molecule has 1 saturated carbocycles. The van der Waals surface area contributed by atoms with Gasteiger partial charge < -0.3 is 15.1 Å². The maximum atomic E-state index is 12.0. The molecular weight excluding hydrogens is 336 g/mol. The first-order chi connectivity index (χ1) is 10.1. The minimum atomic E-state index is -0.463. The molecule has 0 radical (unpaired) electrons. The second kappa shape index (κ2) is 6.01. The van der Waals surface area contributed by atoms with E-state index in [0.717, 1.165) is 23.0 Å². The molecule has 0 spiro atoms. The monoisotopic (exact) mass is 352 g/mol. The summed E-state index contributed by atoms with van der Waals surface area (Å²) in [5.41, 5.74) is 1.03. The zero-order chi connectivity index (χ0) is 14.8. The zero-order valence-electron chi connectivity index (χ0n) is 11.6. The van der Waals surface area contributed by atoms with Gasteiger partial charge in [-0.1, -0.05) is 0 Å². The predicted molar refractivity (Wildman–Crippen MR) is 81.9 cm³/mol. The highest BCUT2D eigenvalue weighted by Gasteiger charge is 2.30. The van der Waals surface area contributed by atoms with Crippen LogP contribution in [-0.4, -0.2) is 53.9 Å². The number of carbonyl (C=O) groups is 2. The number of hydrogen-bond acceptors (Lipinski definition) is 4. The van der Waals surface area contributed by atoms with Crippen molar-refractivity contribution < 1.29 is 9.59 Å². The average molecular weight is 353 g/mol. The number of piperazine rings is 1. The Kier molecular flexibility index (Phi) is 4.10. The molecule has 2 amide bonds. The van der Waals surface area contributed by atoms with Gasteiger partial charge in [0, 0.05) is 42.9 Å². The third-order valence-electron chi connectivity index (χ3n) is 3.73. The normalized spacial score (nSPS) is 18.5. The number of rotatable bonds is 2. The van der Waals surface area contributed by atoms with Crippen LogP contribution in [-0.2, 0) is 9.59 Å². The van der Waals surface area contributed by atoms with Gasteiger partial charge in [0.05, 0.1) is 11.9 Å². The molecule has 1 N–H and O–H groups in total.